The molecule has 0 saturated carbocycles. The molecule has 2 unspecified atom stereocenters. The Balaban J connectivity index is 2.30. The molecular weight excluding hydrogens is 192 g/mol. The van der Waals surface area contributed by atoms with Gasteiger partial charge >= 0.3 is 5.30 Å². The Morgan fingerprint density at radius 1 is 1.77 bits per heavy atom. The molecule has 2 heterocycles. The molecular formula is C7H10N2O3S. The van der Waals surface area contributed by atoms with Crippen molar-refractivity contribution in [1.82, 2.24) is 4.90 Å². The molecule has 0 bridgehead atoms. The summed E-state index contributed by atoms with van der Waals surface area (Å²) in [6, 6.07) is 0. The molecule has 13 heavy (non-hydrogen) atoms. The van der Waals surface area contributed by atoms with Gasteiger partial charge in [-0.15, -0.1) is 0 Å². The number of nitrogens with zero attached hydrogens (tertiary/aromatic N) is 1. The van der Waals surface area contributed by atoms with Gasteiger partial charge in [0.05, 0.1) is 11.8 Å². The van der Waals surface area contributed by atoms with Crippen molar-refractivity contribution in [2.45, 2.75) is 11.8 Å². The molecule has 2 aliphatic rings. The first kappa shape index (κ1) is 8.58. The van der Waals surface area contributed by atoms with Crippen molar-refractivity contribution in [3.8, 4) is 0 Å². The number of β-lactam (4-membered cyclic amide) rings is 1. The molecule has 0 radical (unpaired) electrons. The number of fused-ring (bicyclic) bond motifs is 1. The van der Waals surface area contributed by atoms with E-state index in [9.17, 15) is 9.59 Å². The predicted molar refractivity (Wildman–Crippen MR) is 49.1 cm³/mol. The topological polar surface area (TPSA) is 83.6 Å². The zero-order valence-electron chi connectivity index (χ0n) is 6.84. The van der Waals surface area contributed by atoms with Gasteiger partial charge in [-0.1, -0.05) is 16.3 Å². The first-order valence-electron chi connectivity index (χ1n) is 3.84. The Labute approximate surface area is 76.6 Å². The quantitative estimate of drug-likeness (QED) is 0.558. The van der Waals surface area contributed by atoms with E-state index in [0.717, 1.165) is 0 Å². The Morgan fingerprint density at radius 2 is 2.46 bits per heavy atom. The van der Waals surface area contributed by atoms with Crippen molar-refractivity contribution < 1.29 is 14.7 Å². The molecule has 0 aliphatic carbocycles. The summed E-state index contributed by atoms with van der Waals surface area (Å²) < 4.78 is 0. The minimum Gasteiger partial charge on any atom is -0.473 e. The van der Waals surface area contributed by atoms with Crippen molar-refractivity contribution in [1.29, 1.82) is 0 Å². The summed E-state index contributed by atoms with van der Waals surface area (Å²) in [5, 5.41) is 13.5. The van der Waals surface area contributed by atoms with Crippen LogP contribution in [0.3, 0.4) is 0 Å². The molecule has 0 aromatic rings. The lowest BCUT2D eigenvalue weighted by molar-refractivity contribution is -0.137. The first-order valence-corrected chi connectivity index (χ1v) is 5.77. The Bertz CT molecular complexity index is 317. The second-order valence-corrected chi connectivity index (χ2v) is 6.05. The highest BCUT2D eigenvalue weighted by atomic mass is 32.3. The van der Waals surface area contributed by atoms with Gasteiger partial charge in [-0.05, 0) is 0 Å². The predicted octanol–water partition coefficient (Wildman–Crippen LogP) is 0.428. The lowest BCUT2D eigenvalue weighted by Gasteiger charge is -2.51. The smallest absolute Gasteiger partial charge is 0.361 e. The molecule has 5 nitrogen and oxygen atoms in total. The van der Waals surface area contributed by atoms with Crippen molar-refractivity contribution in [2.75, 3.05) is 5.75 Å². The molecule has 0 aromatic heterocycles. The van der Waals surface area contributed by atoms with Crippen molar-refractivity contribution >= 4 is 21.4 Å². The Kier molecular flexibility index (Phi) is 1.64. The summed E-state index contributed by atoms with van der Waals surface area (Å²) in [5.41, 5.74) is 0. The van der Waals surface area contributed by atoms with Crippen LogP contribution in [0.15, 0.2) is 12.3 Å². The molecule has 2 atom stereocenters. The number of rotatable bonds is 0. The number of hydrogen-bond donors (Lipinski definition) is 2. The standard InChI is InChI=1S/C7H10N2O3S/c8-13(7(11)12)3-1-2-9-5(10)4-6(9)13/h1-2,6H,3-4,8H2,(H,11,12). The van der Waals surface area contributed by atoms with Gasteiger partial charge in [0.1, 0.15) is 0 Å². The molecule has 0 spiro atoms. The van der Waals surface area contributed by atoms with E-state index in [1.54, 1.807) is 12.3 Å². The van der Waals surface area contributed by atoms with Crippen molar-refractivity contribution in [2.24, 2.45) is 5.14 Å². The van der Waals surface area contributed by atoms with Crippen LogP contribution < -0.4 is 5.14 Å². The molecule has 1 fully saturated rings. The SMILES string of the molecule is NS1(C(=O)O)CC=CN2C(=O)CC21. The highest BCUT2D eigenvalue weighted by Crippen LogP contribution is 2.54. The van der Waals surface area contributed by atoms with Gasteiger partial charge in [0.15, 0.2) is 0 Å². The van der Waals surface area contributed by atoms with Crippen LogP contribution in [0.25, 0.3) is 0 Å². The van der Waals surface area contributed by atoms with Crippen LogP contribution in [0.1, 0.15) is 6.42 Å². The number of hydrogen-bond acceptors (Lipinski definition) is 3. The summed E-state index contributed by atoms with van der Waals surface area (Å²) in [7, 11) is -2.20. The molecule has 1 amide bonds. The zero-order valence-corrected chi connectivity index (χ0v) is 7.66. The maximum absolute atomic E-state index is 11.0. The van der Waals surface area contributed by atoms with E-state index in [2.05, 4.69) is 0 Å². The lowest BCUT2D eigenvalue weighted by atomic mass is 10.2. The van der Waals surface area contributed by atoms with Crippen LogP contribution >= 0.6 is 10.2 Å². The van der Waals surface area contributed by atoms with E-state index >= 15 is 0 Å². The van der Waals surface area contributed by atoms with Crippen LogP contribution in [0.2, 0.25) is 0 Å². The number of nitrogens with two attached hydrogens (primary N) is 1. The second-order valence-electron chi connectivity index (χ2n) is 3.13. The van der Waals surface area contributed by atoms with Crippen LogP contribution in [-0.4, -0.2) is 32.3 Å². The van der Waals surface area contributed by atoms with Gasteiger partial charge in [0.2, 0.25) is 5.91 Å². The fourth-order valence-electron chi connectivity index (χ4n) is 1.55. The van der Waals surface area contributed by atoms with Gasteiger partial charge in [-0.2, -0.15) is 0 Å². The maximum atomic E-state index is 11.0. The maximum Gasteiger partial charge on any atom is 0.361 e. The van der Waals surface area contributed by atoms with E-state index in [1.807, 2.05) is 0 Å². The third-order valence-electron chi connectivity index (χ3n) is 2.40. The van der Waals surface area contributed by atoms with Gasteiger partial charge in [0, 0.05) is 12.0 Å². The van der Waals surface area contributed by atoms with Crippen LogP contribution in [0.4, 0.5) is 4.79 Å². The third-order valence-corrected chi connectivity index (χ3v) is 5.16. The summed E-state index contributed by atoms with van der Waals surface area (Å²) in [6.07, 6.45) is 3.58. The van der Waals surface area contributed by atoms with Crippen molar-refractivity contribution in [3.63, 3.8) is 0 Å². The van der Waals surface area contributed by atoms with Gasteiger partial charge < -0.3 is 10.0 Å². The van der Waals surface area contributed by atoms with E-state index in [4.69, 9.17) is 10.2 Å². The first-order chi connectivity index (χ1) is 6.05. The number of carbonyl (C=O) groups excluding carboxylic acids is 1. The third kappa shape index (κ3) is 0.988. The average Bonchev–Trinajstić information content (AvgIpc) is 2.06. The molecule has 2 rings (SSSR count). The van der Waals surface area contributed by atoms with Crippen LogP contribution in [-0.2, 0) is 4.79 Å². The van der Waals surface area contributed by atoms with Crippen LogP contribution in [0.5, 0.6) is 0 Å². The number of amides is 1. The molecule has 2 aliphatic heterocycles. The van der Waals surface area contributed by atoms with E-state index in [0.29, 0.717) is 5.75 Å². The average molecular weight is 202 g/mol. The second kappa shape index (κ2) is 2.49. The van der Waals surface area contributed by atoms with Crippen LogP contribution in [0, 0.1) is 0 Å². The molecule has 72 valence electrons. The minimum absolute atomic E-state index is 0.0375. The molecule has 0 aromatic carbocycles. The Morgan fingerprint density at radius 3 is 3.00 bits per heavy atom. The Hall–Kier alpha value is -1.01. The normalized spacial score (nSPS) is 41.8. The van der Waals surface area contributed by atoms with E-state index in [1.165, 1.54) is 4.90 Å². The van der Waals surface area contributed by atoms with E-state index in [-0.39, 0.29) is 17.7 Å². The summed E-state index contributed by atoms with van der Waals surface area (Å²) in [6.45, 7) is 0. The monoisotopic (exact) mass is 202 g/mol. The van der Waals surface area contributed by atoms with Crippen molar-refractivity contribution in [3.05, 3.63) is 12.3 Å². The zero-order chi connectivity index (χ0) is 9.64. The van der Waals surface area contributed by atoms with Gasteiger partial charge in [0.25, 0.3) is 0 Å². The fraction of sp³-hybridized carbons (Fsp3) is 0.429. The highest BCUT2D eigenvalue weighted by molar-refractivity contribution is 8.43. The molecule has 6 heteroatoms. The fourth-order valence-corrected chi connectivity index (χ4v) is 3.58. The lowest BCUT2D eigenvalue weighted by Crippen LogP contribution is -2.57. The van der Waals surface area contributed by atoms with E-state index < -0.39 is 15.5 Å². The highest BCUT2D eigenvalue weighted by Gasteiger charge is 2.50. The summed E-state index contributed by atoms with van der Waals surface area (Å²) in [5.74, 6) is 0.334. The molecule has 3 N–H and O–H groups in total. The summed E-state index contributed by atoms with van der Waals surface area (Å²) in [4.78, 5) is 23.4. The van der Waals surface area contributed by atoms with Gasteiger partial charge in [-0.3, -0.25) is 9.93 Å². The molecule has 1 saturated heterocycles. The number of carboxylic acid groups (broad SMARTS) is 1. The number of carbonyl (C=O) groups is 2. The van der Waals surface area contributed by atoms with Gasteiger partial charge in [-0.25, -0.2) is 4.79 Å². The largest absolute Gasteiger partial charge is 0.473 e. The minimum atomic E-state index is -2.20. The summed E-state index contributed by atoms with van der Waals surface area (Å²) >= 11 is 0.